The van der Waals surface area contributed by atoms with Crippen LogP contribution in [-0.4, -0.2) is 27.7 Å². The maximum absolute atomic E-state index is 12.7. The molecule has 0 bridgehead atoms. The molecule has 0 radical (unpaired) electrons. The van der Waals surface area contributed by atoms with Gasteiger partial charge in [0, 0.05) is 25.0 Å². The van der Waals surface area contributed by atoms with Gasteiger partial charge in [-0.3, -0.25) is 0 Å². The van der Waals surface area contributed by atoms with Crippen LogP contribution in [0.3, 0.4) is 0 Å². The van der Waals surface area contributed by atoms with Crippen molar-refractivity contribution in [2.75, 3.05) is 18.4 Å². The Balaban J connectivity index is 2.26. The second-order valence-electron chi connectivity index (χ2n) is 5.69. The Morgan fingerprint density at radius 1 is 1.33 bits per heavy atom. The van der Waals surface area contributed by atoms with Gasteiger partial charge in [0.2, 0.25) is 0 Å². The zero-order chi connectivity index (χ0) is 15.7. The summed E-state index contributed by atoms with van der Waals surface area (Å²) in [4.78, 5) is 4.09. The van der Waals surface area contributed by atoms with Gasteiger partial charge in [-0.2, -0.15) is 18.3 Å². The molecule has 0 amide bonds. The van der Waals surface area contributed by atoms with Crippen LogP contribution < -0.4 is 11.1 Å². The first kappa shape index (κ1) is 15.6. The maximum atomic E-state index is 12.7. The number of hydrogen-bond acceptors (Lipinski definition) is 4. The number of nitrogens with one attached hydrogen (secondary N) is 1. The molecule has 0 aliphatic heterocycles. The van der Waals surface area contributed by atoms with Gasteiger partial charge in [-0.25, -0.2) is 9.50 Å². The van der Waals surface area contributed by atoms with E-state index in [0.29, 0.717) is 24.4 Å². The molecule has 2 aromatic heterocycles. The van der Waals surface area contributed by atoms with E-state index in [2.05, 4.69) is 15.4 Å². The van der Waals surface area contributed by atoms with Crippen LogP contribution in [0.4, 0.5) is 19.0 Å². The second-order valence-corrected chi connectivity index (χ2v) is 5.69. The summed E-state index contributed by atoms with van der Waals surface area (Å²) in [7, 11) is 0. The number of fused-ring (bicyclic) bond motifs is 1. The Morgan fingerprint density at radius 3 is 2.67 bits per heavy atom. The van der Waals surface area contributed by atoms with Crippen molar-refractivity contribution < 1.29 is 13.2 Å². The van der Waals surface area contributed by atoms with Crippen LogP contribution in [0.15, 0.2) is 18.5 Å². The molecule has 0 saturated heterocycles. The van der Waals surface area contributed by atoms with Crippen LogP contribution in [0.5, 0.6) is 0 Å². The predicted molar refractivity (Wildman–Crippen MR) is 73.9 cm³/mol. The van der Waals surface area contributed by atoms with E-state index < -0.39 is 11.9 Å². The normalized spacial score (nSPS) is 12.9. The van der Waals surface area contributed by atoms with Crippen LogP contribution in [0, 0.1) is 5.41 Å². The molecule has 5 nitrogen and oxygen atoms in total. The Morgan fingerprint density at radius 2 is 2.05 bits per heavy atom. The first-order valence-electron chi connectivity index (χ1n) is 6.58. The van der Waals surface area contributed by atoms with Crippen LogP contribution in [0.1, 0.15) is 26.0 Å². The third-order valence-corrected chi connectivity index (χ3v) is 3.24. The Labute approximate surface area is 120 Å². The third-order valence-electron chi connectivity index (χ3n) is 3.24. The molecule has 0 aromatic carbocycles. The molecule has 0 atom stereocenters. The summed E-state index contributed by atoms with van der Waals surface area (Å²) in [6.07, 6.45) is -0.864. The zero-order valence-corrected chi connectivity index (χ0v) is 11.9. The van der Waals surface area contributed by atoms with Crippen LogP contribution in [-0.2, 0) is 6.18 Å². The smallest absolute Gasteiger partial charge is 0.368 e. The molecule has 0 fully saturated rings. The summed E-state index contributed by atoms with van der Waals surface area (Å²) in [5.74, 6) is 0.380. The quantitative estimate of drug-likeness (QED) is 0.890. The fourth-order valence-electron chi connectivity index (χ4n) is 2.00. The highest BCUT2D eigenvalue weighted by molar-refractivity contribution is 5.68. The number of rotatable bonds is 5. The molecule has 0 unspecified atom stereocenters. The van der Waals surface area contributed by atoms with Crippen molar-refractivity contribution in [1.82, 2.24) is 14.6 Å². The van der Waals surface area contributed by atoms with Gasteiger partial charge < -0.3 is 11.1 Å². The summed E-state index contributed by atoms with van der Waals surface area (Å²) < 4.78 is 39.3. The van der Waals surface area contributed by atoms with Crippen LogP contribution in [0.2, 0.25) is 0 Å². The van der Waals surface area contributed by atoms with E-state index in [1.807, 2.05) is 13.8 Å². The van der Waals surface area contributed by atoms with Gasteiger partial charge in [0.15, 0.2) is 11.5 Å². The molecule has 116 valence electrons. The van der Waals surface area contributed by atoms with E-state index in [0.717, 1.165) is 12.5 Å². The van der Waals surface area contributed by atoms with Gasteiger partial charge in [-0.15, -0.1) is 0 Å². The van der Waals surface area contributed by atoms with E-state index in [4.69, 9.17) is 5.73 Å². The van der Waals surface area contributed by atoms with Crippen molar-refractivity contribution in [3.8, 4) is 0 Å². The number of halogens is 3. The second kappa shape index (κ2) is 5.51. The number of alkyl halides is 3. The summed E-state index contributed by atoms with van der Waals surface area (Å²) in [5, 5.41) is 6.60. The molecule has 0 aliphatic rings. The molecule has 0 aliphatic carbocycles. The highest BCUT2D eigenvalue weighted by atomic mass is 19.4. The summed E-state index contributed by atoms with van der Waals surface area (Å²) in [6.45, 7) is 5.18. The molecular weight excluding hydrogens is 283 g/mol. The highest BCUT2D eigenvalue weighted by Gasteiger charge is 2.34. The number of hydrogen-bond donors (Lipinski definition) is 2. The molecule has 0 spiro atoms. The lowest BCUT2D eigenvalue weighted by Gasteiger charge is -2.24. The number of nitrogens with two attached hydrogens (primary N) is 1. The van der Waals surface area contributed by atoms with Crippen molar-refractivity contribution in [2.24, 2.45) is 11.1 Å². The first-order valence-corrected chi connectivity index (χ1v) is 6.58. The molecule has 0 saturated carbocycles. The van der Waals surface area contributed by atoms with Crippen LogP contribution in [0.25, 0.3) is 5.52 Å². The minimum Gasteiger partial charge on any atom is -0.368 e. The first-order chi connectivity index (χ1) is 9.73. The van der Waals surface area contributed by atoms with Gasteiger partial charge in [0.1, 0.15) is 5.52 Å². The standard InChI is InChI=1S/C13H18F3N5/c1-12(2,3-4-17)8-19-11-9-7-10(13(14,15)16)20-21(9)6-5-18-11/h5-7H,3-4,8,17H2,1-2H3,(H,18,19). The number of aromatic nitrogens is 3. The lowest BCUT2D eigenvalue weighted by molar-refractivity contribution is -0.141. The highest BCUT2D eigenvalue weighted by Crippen LogP contribution is 2.30. The fourth-order valence-corrected chi connectivity index (χ4v) is 2.00. The lowest BCUT2D eigenvalue weighted by Crippen LogP contribution is -2.26. The van der Waals surface area contributed by atoms with E-state index in [1.54, 1.807) is 0 Å². The summed E-state index contributed by atoms with van der Waals surface area (Å²) >= 11 is 0. The predicted octanol–water partition coefficient (Wildman–Crippen LogP) is 2.54. The van der Waals surface area contributed by atoms with Crippen molar-refractivity contribution in [3.05, 3.63) is 24.2 Å². The average molecular weight is 301 g/mol. The largest absolute Gasteiger partial charge is 0.435 e. The molecule has 8 heteroatoms. The zero-order valence-electron chi connectivity index (χ0n) is 11.9. The Hall–Kier alpha value is -1.83. The molecule has 21 heavy (non-hydrogen) atoms. The van der Waals surface area contributed by atoms with Gasteiger partial charge in [0.25, 0.3) is 0 Å². The number of nitrogens with zero attached hydrogens (tertiary/aromatic N) is 3. The SMILES string of the molecule is CC(C)(CCN)CNc1nccn2nc(C(F)(F)F)cc12. The van der Waals surface area contributed by atoms with Gasteiger partial charge in [-0.1, -0.05) is 13.8 Å². The van der Waals surface area contributed by atoms with Crippen molar-refractivity contribution in [1.29, 1.82) is 0 Å². The molecule has 2 rings (SSSR count). The van der Waals surface area contributed by atoms with Gasteiger partial charge >= 0.3 is 6.18 Å². The van der Waals surface area contributed by atoms with E-state index >= 15 is 0 Å². The van der Waals surface area contributed by atoms with E-state index in [9.17, 15) is 13.2 Å². The molecule has 3 N–H and O–H groups in total. The minimum absolute atomic E-state index is 0.0733. The maximum Gasteiger partial charge on any atom is 0.435 e. The van der Waals surface area contributed by atoms with Gasteiger partial charge in [-0.05, 0) is 18.4 Å². The molecular formula is C13H18F3N5. The third kappa shape index (κ3) is 3.63. The van der Waals surface area contributed by atoms with E-state index in [1.165, 1.54) is 16.9 Å². The molecule has 2 heterocycles. The topological polar surface area (TPSA) is 68.2 Å². The summed E-state index contributed by atoms with van der Waals surface area (Å²) in [6, 6.07) is 0.991. The summed E-state index contributed by atoms with van der Waals surface area (Å²) in [5.41, 5.74) is 4.84. The van der Waals surface area contributed by atoms with E-state index in [-0.39, 0.29) is 5.41 Å². The molecule has 2 aromatic rings. The van der Waals surface area contributed by atoms with Crippen molar-refractivity contribution >= 4 is 11.3 Å². The number of anilines is 1. The fraction of sp³-hybridized carbons (Fsp3) is 0.538. The monoisotopic (exact) mass is 301 g/mol. The van der Waals surface area contributed by atoms with Crippen molar-refractivity contribution in [2.45, 2.75) is 26.4 Å². The van der Waals surface area contributed by atoms with Gasteiger partial charge in [0.05, 0.1) is 0 Å². The van der Waals surface area contributed by atoms with Crippen molar-refractivity contribution in [3.63, 3.8) is 0 Å². The van der Waals surface area contributed by atoms with Crippen LogP contribution >= 0.6 is 0 Å². The minimum atomic E-state index is -4.47. The average Bonchev–Trinajstić information content (AvgIpc) is 2.80. The lowest BCUT2D eigenvalue weighted by atomic mass is 9.89. The Kier molecular flexibility index (Phi) is 4.08. The Bertz CT molecular complexity index is 618.